The van der Waals surface area contributed by atoms with Crippen LogP contribution in [0.25, 0.3) is 0 Å². The van der Waals surface area contributed by atoms with Gasteiger partial charge in [-0.2, -0.15) is 0 Å². The Morgan fingerprint density at radius 3 is 1.51 bits per heavy atom. The quantitative estimate of drug-likeness (QED) is 0.314. The molecule has 0 N–H and O–H groups in total. The molecule has 0 aliphatic rings. The number of hydrogen-bond acceptors (Lipinski definition) is 1. The minimum absolute atomic E-state index is 0. The molecule has 0 saturated heterocycles. The molecule has 0 saturated carbocycles. The lowest BCUT2D eigenvalue weighted by molar-refractivity contribution is -0.274. The Hall–Kier alpha value is -2.23. The lowest BCUT2D eigenvalue weighted by atomic mass is 10.1. The number of alkyl halides is 3. The molecule has 0 amide bonds. The first kappa shape index (κ1) is 27.4. The second-order valence-electron chi connectivity index (χ2n) is 7.80. The second-order valence-corrected chi connectivity index (χ2v) is 12.1. The van der Waals surface area contributed by atoms with Gasteiger partial charge in [-0.25, -0.2) is 0 Å². The van der Waals surface area contributed by atoms with Crippen molar-refractivity contribution < 1.29 is 30.3 Å². The number of rotatable bonds is 6. The van der Waals surface area contributed by atoms with Gasteiger partial charge in [0.2, 0.25) is 0 Å². The maximum atomic E-state index is 12.9. The van der Waals surface area contributed by atoms with E-state index in [1.165, 1.54) is 13.0 Å². The third kappa shape index (κ3) is 5.78. The van der Waals surface area contributed by atoms with Gasteiger partial charge >= 0.3 is 6.36 Å². The van der Waals surface area contributed by atoms with Gasteiger partial charge in [0, 0.05) is 11.1 Å². The van der Waals surface area contributed by atoms with Crippen LogP contribution in [0.15, 0.2) is 97.1 Å². The highest BCUT2D eigenvalue weighted by molar-refractivity contribution is 7.95. The van der Waals surface area contributed by atoms with Crippen molar-refractivity contribution in [3.05, 3.63) is 118 Å². The fraction of sp³-hybridized carbons (Fsp3) is 0.111. The molecule has 35 heavy (non-hydrogen) atoms. The van der Waals surface area contributed by atoms with E-state index in [0.29, 0.717) is 11.7 Å². The largest absolute Gasteiger partial charge is 1.00 e. The molecule has 0 unspecified atom stereocenters. The van der Waals surface area contributed by atoms with Gasteiger partial charge in [0.1, 0.15) is 35.1 Å². The summed E-state index contributed by atoms with van der Waals surface area (Å²) in [5.41, 5.74) is 0.797. The van der Waals surface area contributed by atoms with Crippen LogP contribution in [0.5, 0.6) is 5.75 Å². The third-order valence-corrected chi connectivity index (χ3v) is 10.9. The minimum Gasteiger partial charge on any atom is -1.00 e. The van der Waals surface area contributed by atoms with Crippen molar-refractivity contribution in [2.24, 2.45) is 0 Å². The molecule has 0 spiro atoms. The molecule has 0 fully saturated rings. The van der Waals surface area contributed by atoms with Crippen LogP contribution >= 0.6 is 30.5 Å². The summed E-state index contributed by atoms with van der Waals surface area (Å²) in [6.07, 6.45) is -4.40. The van der Waals surface area contributed by atoms with E-state index in [4.69, 9.17) is 23.2 Å². The summed E-state index contributed by atoms with van der Waals surface area (Å²) in [7, 11) is -2.34. The zero-order valence-electron chi connectivity index (χ0n) is 18.6. The Morgan fingerprint density at radius 1 is 0.743 bits per heavy atom. The number of halogens is 6. The van der Waals surface area contributed by atoms with E-state index in [1.54, 1.807) is 0 Å². The lowest BCUT2D eigenvalue weighted by Crippen LogP contribution is -3.00. The van der Waals surface area contributed by atoms with Gasteiger partial charge in [0.25, 0.3) is 0 Å². The summed E-state index contributed by atoms with van der Waals surface area (Å²) in [5, 5.41) is 3.68. The standard InChI is InChI=1S/C27H21Cl2F3OP.ClH/c1-19-25(33-27(30,31)32)17-24(28)23(26(19)29)18-34(20-11-5-2-6-12-20,21-13-7-3-8-14-21)22-15-9-4-10-16-22;/h2-17H,18H2,1H3;1H/q+1;/p-1. The first-order valence-electron chi connectivity index (χ1n) is 10.5. The summed E-state index contributed by atoms with van der Waals surface area (Å²) >= 11 is 13.3. The van der Waals surface area contributed by atoms with E-state index >= 15 is 0 Å². The predicted octanol–water partition coefficient (Wildman–Crippen LogP) is 4.70. The first-order valence-corrected chi connectivity index (χ1v) is 13.2. The van der Waals surface area contributed by atoms with E-state index in [9.17, 15) is 13.2 Å². The molecule has 4 rings (SSSR count). The maximum absolute atomic E-state index is 12.9. The second kappa shape index (κ2) is 11.2. The van der Waals surface area contributed by atoms with Crippen LogP contribution in [0.2, 0.25) is 10.0 Å². The molecule has 182 valence electrons. The van der Waals surface area contributed by atoms with Crippen LogP contribution in [-0.2, 0) is 6.16 Å². The summed E-state index contributed by atoms with van der Waals surface area (Å²) < 4.78 is 42.9. The maximum Gasteiger partial charge on any atom is 0.573 e. The molecule has 0 radical (unpaired) electrons. The Morgan fingerprint density at radius 2 is 1.14 bits per heavy atom. The molecule has 0 aliphatic carbocycles. The van der Waals surface area contributed by atoms with Crippen molar-refractivity contribution in [3.8, 4) is 5.75 Å². The molecule has 0 atom stereocenters. The van der Waals surface area contributed by atoms with Crippen LogP contribution in [0.4, 0.5) is 13.2 Å². The van der Waals surface area contributed by atoms with Gasteiger partial charge in [0.15, 0.2) is 0 Å². The van der Waals surface area contributed by atoms with E-state index in [2.05, 4.69) is 41.1 Å². The van der Waals surface area contributed by atoms with Gasteiger partial charge < -0.3 is 17.1 Å². The van der Waals surface area contributed by atoms with Crippen molar-refractivity contribution in [1.82, 2.24) is 0 Å². The topological polar surface area (TPSA) is 9.23 Å². The van der Waals surface area contributed by atoms with Gasteiger partial charge in [-0.3, -0.25) is 0 Å². The highest BCUT2D eigenvalue weighted by Crippen LogP contribution is 2.60. The summed E-state index contributed by atoms with van der Waals surface area (Å²) in [6.45, 7) is 1.51. The van der Waals surface area contributed by atoms with Crippen molar-refractivity contribution in [2.45, 2.75) is 19.4 Å². The Labute approximate surface area is 219 Å². The van der Waals surface area contributed by atoms with E-state index in [1.807, 2.05) is 54.6 Å². The summed E-state index contributed by atoms with van der Waals surface area (Å²) in [5.74, 6) is -0.394. The smallest absolute Gasteiger partial charge is 0.573 e. The Balaban J connectivity index is 0.00000342. The van der Waals surface area contributed by atoms with Crippen molar-refractivity contribution >= 4 is 46.4 Å². The first-order chi connectivity index (χ1) is 16.2. The molecular formula is C27H21Cl3F3OP. The Kier molecular flexibility index (Phi) is 8.77. The van der Waals surface area contributed by atoms with Gasteiger partial charge in [0.05, 0.1) is 10.0 Å². The lowest BCUT2D eigenvalue weighted by Gasteiger charge is -2.29. The van der Waals surface area contributed by atoms with Gasteiger partial charge in [-0.1, -0.05) is 77.8 Å². The van der Waals surface area contributed by atoms with E-state index < -0.39 is 19.4 Å². The van der Waals surface area contributed by atoms with Crippen molar-refractivity contribution in [1.29, 1.82) is 0 Å². The average Bonchev–Trinajstić information content (AvgIpc) is 2.83. The van der Waals surface area contributed by atoms with Crippen LogP contribution in [-0.4, -0.2) is 6.36 Å². The Bertz CT molecular complexity index is 1170. The third-order valence-electron chi connectivity index (χ3n) is 5.72. The van der Waals surface area contributed by atoms with Crippen molar-refractivity contribution in [3.63, 3.8) is 0 Å². The molecule has 0 aliphatic heterocycles. The fourth-order valence-corrected chi connectivity index (χ4v) is 9.18. The van der Waals surface area contributed by atoms with Crippen LogP contribution in [0, 0.1) is 6.92 Å². The molecule has 1 nitrogen and oxygen atoms in total. The van der Waals surface area contributed by atoms with E-state index in [-0.39, 0.29) is 28.0 Å². The average molecular weight is 556 g/mol. The highest BCUT2D eigenvalue weighted by Gasteiger charge is 2.46. The van der Waals surface area contributed by atoms with Crippen molar-refractivity contribution in [2.75, 3.05) is 0 Å². The highest BCUT2D eigenvalue weighted by atomic mass is 35.5. The van der Waals surface area contributed by atoms with Gasteiger partial charge in [-0.05, 0) is 49.4 Å². The van der Waals surface area contributed by atoms with Crippen LogP contribution in [0.3, 0.4) is 0 Å². The van der Waals surface area contributed by atoms with E-state index in [0.717, 1.165) is 15.9 Å². The summed E-state index contributed by atoms with van der Waals surface area (Å²) in [6, 6.07) is 31.6. The summed E-state index contributed by atoms with van der Waals surface area (Å²) in [4.78, 5) is 0. The molecule has 4 aromatic carbocycles. The minimum atomic E-state index is -4.84. The zero-order chi connectivity index (χ0) is 24.3. The van der Waals surface area contributed by atoms with Crippen LogP contribution in [0.1, 0.15) is 11.1 Å². The zero-order valence-corrected chi connectivity index (χ0v) is 21.7. The predicted molar refractivity (Wildman–Crippen MR) is 137 cm³/mol. The molecule has 0 heterocycles. The molecular weight excluding hydrogens is 535 g/mol. The number of benzene rings is 4. The normalized spacial score (nSPS) is 11.6. The number of hydrogen-bond donors (Lipinski definition) is 0. The van der Waals surface area contributed by atoms with Gasteiger partial charge in [-0.15, -0.1) is 13.2 Å². The molecule has 0 aromatic heterocycles. The number of ether oxygens (including phenoxy) is 1. The monoisotopic (exact) mass is 554 g/mol. The molecule has 4 aromatic rings. The molecule has 0 bridgehead atoms. The van der Waals surface area contributed by atoms with Crippen LogP contribution < -0.4 is 33.1 Å². The molecule has 8 heteroatoms. The fourth-order valence-electron chi connectivity index (χ4n) is 4.13. The SMILES string of the molecule is Cc1c(OC(F)(F)F)cc(Cl)c(C[P+](c2ccccc2)(c2ccccc2)c2ccccc2)c1Cl.[Cl-].